The highest BCUT2D eigenvalue weighted by molar-refractivity contribution is 7.03. The fraction of sp³-hybridized carbons (Fsp3) is 0.154. The van der Waals surface area contributed by atoms with Crippen molar-refractivity contribution in [1.29, 1.82) is 0 Å². The van der Waals surface area contributed by atoms with Crippen molar-refractivity contribution < 1.29 is 0 Å². The minimum Gasteiger partial charge on any atom is -0.307 e. The molecule has 0 atom stereocenters. The van der Waals surface area contributed by atoms with Gasteiger partial charge in [0.25, 0.3) is 0 Å². The van der Waals surface area contributed by atoms with Gasteiger partial charge in [-0.3, -0.25) is 0 Å². The summed E-state index contributed by atoms with van der Waals surface area (Å²) in [6.45, 7) is 1.50. The summed E-state index contributed by atoms with van der Waals surface area (Å²) in [5.41, 5.74) is 3.27. The van der Waals surface area contributed by atoms with E-state index in [4.69, 9.17) is 0 Å². The van der Waals surface area contributed by atoms with Crippen LogP contribution >= 0.6 is 11.5 Å². The van der Waals surface area contributed by atoms with Gasteiger partial charge < -0.3 is 5.32 Å². The molecule has 0 saturated heterocycles. The van der Waals surface area contributed by atoms with Crippen LogP contribution in [0.2, 0.25) is 0 Å². The van der Waals surface area contributed by atoms with Gasteiger partial charge in [-0.05, 0) is 29.2 Å². The van der Waals surface area contributed by atoms with Crippen molar-refractivity contribution in [2.75, 3.05) is 0 Å². The number of aromatic nitrogens is 4. The number of benzene rings is 1. The Hall–Kier alpha value is -2.05. The number of hydrogen-bond donors (Lipinski definition) is 1. The van der Waals surface area contributed by atoms with Crippen molar-refractivity contribution in [1.82, 2.24) is 24.7 Å². The predicted molar refractivity (Wildman–Crippen MR) is 74.0 cm³/mol. The van der Waals surface area contributed by atoms with E-state index in [1.165, 1.54) is 17.1 Å². The molecule has 5 nitrogen and oxygen atoms in total. The van der Waals surface area contributed by atoms with Crippen LogP contribution in [0.25, 0.3) is 5.69 Å². The van der Waals surface area contributed by atoms with Crippen LogP contribution < -0.4 is 5.32 Å². The van der Waals surface area contributed by atoms with Gasteiger partial charge in [0.05, 0.1) is 11.4 Å². The van der Waals surface area contributed by atoms with Crippen molar-refractivity contribution >= 4 is 11.5 Å². The second kappa shape index (κ2) is 5.73. The molecule has 3 rings (SSSR count). The van der Waals surface area contributed by atoms with E-state index in [0.29, 0.717) is 0 Å². The number of nitrogens with zero attached hydrogens (tertiary/aromatic N) is 4. The molecule has 96 valence electrons. The molecule has 0 aliphatic rings. The lowest BCUT2D eigenvalue weighted by molar-refractivity contribution is 0.672. The Morgan fingerprint density at radius 2 is 2.11 bits per heavy atom. The summed E-state index contributed by atoms with van der Waals surface area (Å²) in [6.07, 6.45) is 3.73. The third-order valence-electron chi connectivity index (χ3n) is 2.77. The SMILES string of the molecule is c1ccc(-n2cccn2)c(CNCc2csnn2)c1. The molecule has 0 amide bonds. The standard InChI is InChI=1S/C13H13N5S/c1-2-5-13(18-7-3-6-15-18)11(4-1)8-14-9-12-10-19-17-16-12/h1-7,10,14H,8-9H2. The zero-order chi connectivity index (χ0) is 12.9. The summed E-state index contributed by atoms with van der Waals surface area (Å²) in [5, 5.41) is 13.6. The van der Waals surface area contributed by atoms with E-state index < -0.39 is 0 Å². The highest BCUT2D eigenvalue weighted by Crippen LogP contribution is 2.13. The van der Waals surface area contributed by atoms with Gasteiger partial charge in [0.15, 0.2) is 0 Å². The Morgan fingerprint density at radius 3 is 2.89 bits per heavy atom. The summed E-state index contributed by atoms with van der Waals surface area (Å²) in [5.74, 6) is 0. The molecule has 2 aromatic heterocycles. The quantitative estimate of drug-likeness (QED) is 0.771. The molecule has 6 heteroatoms. The van der Waals surface area contributed by atoms with Gasteiger partial charge in [-0.2, -0.15) is 5.10 Å². The van der Waals surface area contributed by atoms with Crippen molar-refractivity contribution in [2.45, 2.75) is 13.1 Å². The lowest BCUT2D eigenvalue weighted by Crippen LogP contribution is -2.14. The molecule has 0 aliphatic carbocycles. The van der Waals surface area contributed by atoms with Crippen LogP contribution in [0.4, 0.5) is 0 Å². The first-order valence-electron chi connectivity index (χ1n) is 5.98. The van der Waals surface area contributed by atoms with E-state index >= 15 is 0 Å². The Balaban J connectivity index is 1.71. The molecule has 0 bridgehead atoms. The first-order valence-corrected chi connectivity index (χ1v) is 6.82. The largest absolute Gasteiger partial charge is 0.307 e. The second-order valence-corrected chi connectivity index (χ2v) is 4.69. The van der Waals surface area contributed by atoms with Gasteiger partial charge >= 0.3 is 0 Å². The number of para-hydroxylation sites is 1. The molecule has 1 N–H and O–H groups in total. The summed E-state index contributed by atoms with van der Waals surface area (Å²) in [6, 6.07) is 10.1. The topological polar surface area (TPSA) is 55.6 Å². The average molecular weight is 271 g/mol. The summed E-state index contributed by atoms with van der Waals surface area (Å²) in [7, 11) is 0. The first-order chi connectivity index (χ1) is 9.43. The maximum absolute atomic E-state index is 4.27. The molecule has 0 saturated carbocycles. The smallest absolute Gasteiger partial charge is 0.0893 e. The van der Waals surface area contributed by atoms with Crippen molar-refractivity contribution in [3.05, 3.63) is 59.4 Å². The second-order valence-electron chi connectivity index (χ2n) is 4.08. The Kier molecular flexibility index (Phi) is 3.62. The Bertz CT molecular complexity index is 618. The monoisotopic (exact) mass is 271 g/mol. The molecule has 2 heterocycles. The number of nitrogens with one attached hydrogen (secondary N) is 1. The van der Waals surface area contributed by atoms with E-state index in [2.05, 4.69) is 32.1 Å². The van der Waals surface area contributed by atoms with Crippen LogP contribution in [0, 0.1) is 0 Å². The Morgan fingerprint density at radius 1 is 1.16 bits per heavy atom. The third-order valence-corrected chi connectivity index (χ3v) is 3.32. The van der Waals surface area contributed by atoms with E-state index in [1.54, 1.807) is 6.20 Å². The van der Waals surface area contributed by atoms with E-state index in [0.717, 1.165) is 24.5 Å². The minimum absolute atomic E-state index is 0.726. The van der Waals surface area contributed by atoms with Gasteiger partial charge in [0.1, 0.15) is 0 Å². The van der Waals surface area contributed by atoms with Crippen LogP contribution in [0.1, 0.15) is 11.3 Å². The highest BCUT2D eigenvalue weighted by Gasteiger charge is 2.04. The van der Waals surface area contributed by atoms with Crippen LogP contribution in [0.3, 0.4) is 0 Å². The zero-order valence-electron chi connectivity index (χ0n) is 10.2. The van der Waals surface area contributed by atoms with Gasteiger partial charge in [0, 0.05) is 30.9 Å². The fourth-order valence-electron chi connectivity index (χ4n) is 1.88. The van der Waals surface area contributed by atoms with E-state index in [-0.39, 0.29) is 0 Å². The summed E-state index contributed by atoms with van der Waals surface area (Å²) >= 11 is 1.37. The van der Waals surface area contributed by atoms with Crippen LogP contribution in [-0.2, 0) is 13.1 Å². The predicted octanol–water partition coefficient (Wildman–Crippen LogP) is 2.01. The fourth-order valence-corrected chi connectivity index (χ4v) is 2.33. The molecule has 0 spiro atoms. The molecule has 0 aliphatic heterocycles. The summed E-state index contributed by atoms with van der Waals surface area (Å²) < 4.78 is 5.72. The van der Waals surface area contributed by atoms with Gasteiger partial charge in [-0.25, -0.2) is 4.68 Å². The number of rotatable bonds is 5. The van der Waals surface area contributed by atoms with Crippen molar-refractivity contribution in [3.63, 3.8) is 0 Å². The van der Waals surface area contributed by atoms with Crippen molar-refractivity contribution in [2.24, 2.45) is 0 Å². The highest BCUT2D eigenvalue weighted by atomic mass is 32.1. The third kappa shape index (κ3) is 2.86. The lowest BCUT2D eigenvalue weighted by Gasteiger charge is -2.09. The van der Waals surface area contributed by atoms with Crippen LogP contribution in [0.5, 0.6) is 0 Å². The van der Waals surface area contributed by atoms with Crippen molar-refractivity contribution in [3.8, 4) is 5.69 Å². The Labute approximate surface area is 115 Å². The molecular weight excluding hydrogens is 258 g/mol. The first kappa shape index (κ1) is 12.0. The molecule has 1 aromatic carbocycles. The summed E-state index contributed by atoms with van der Waals surface area (Å²) in [4.78, 5) is 0. The van der Waals surface area contributed by atoms with Gasteiger partial charge in [-0.15, -0.1) is 5.10 Å². The molecule has 0 fully saturated rings. The van der Waals surface area contributed by atoms with E-state index in [1.807, 2.05) is 34.5 Å². The average Bonchev–Trinajstić information content (AvgIpc) is 3.12. The molecular formula is C13H13N5S. The molecule has 0 radical (unpaired) electrons. The molecule has 3 aromatic rings. The maximum Gasteiger partial charge on any atom is 0.0893 e. The van der Waals surface area contributed by atoms with E-state index in [9.17, 15) is 0 Å². The normalized spacial score (nSPS) is 10.7. The molecule has 0 unspecified atom stereocenters. The minimum atomic E-state index is 0.726. The van der Waals surface area contributed by atoms with Gasteiger partial charge in [0.2, 0.25) is 0 Å². The number of hydrogen-bond acceptors (Lipinski definition) is 5. The van der Waals surface area contributed by atoms with Gasteiger partial charge in [-0.1, -0.05) is 22.7 Å². The van der Waals surface area contributed by atoms with Crippen LogP contribution in [-0.4, -0.2) is 19.4 Å². The lowest BCUT2D eigenvalue weighted by atomic mass is 10.2. The zero-order valence-corrected chi connectivity index (χ0v) is 11.0. The maximum atomic E-state index is 4.27. The molecule has 19 heavy (non-hydrogen) atoms. The van der Waals surface area contributed by atoms with Crippen LogP contribution in [0.15, 0.2) is 48.1 Å².